The van der Waals surface area contributed by atoms with E-state index in [4.69, 9.17) is 4.74 Å². The van der Waals surface area contributed by atoms with Crippen molar-refractivity contribution < 1.29 is 37.0 Å². The van der Waals surface area contributed by atoms with Crippen LogP contribution in [-0.2, 0) is 20.5 Å². The number of amides is 3. The highest BCUT2D eigenvalue weighted by Gasteiger charge is 2.30. The van der Waals surface area contributed by atoms with E-state index in [1.165, 1.54) is 6.07 Å². The third-order valence-corrected chi connectivity index (χ3v) is 2.67. The number of benzene rings is 1. The van der Waals surface area contributed by atoms with E-state index < -0.39 is 42.9 Å². The Labute approximate surface area is 141 Å². The lowest BCUT2D eigenvalue weighted by Crippen LogP contribution is -2.41. The largest absolute Gasteiger partial charge is 0.482 e. The van der Waals surface area contributed by atoms with Gasteiger partial charge in [0.05, 0.1) is 5.56 Å². The lowest BCUT2D eigenvalue weighted by molar-refractivity contribution is -0.150. The summed E-state index contributed by atoms with van der Waals surface area (Å²) in [5.41, 5.74) is -0.921. The average Bonchev–Trinajstić information content (AvgIpc) is 2.55. The van der Waals surface area contributed by atoms with Gasteiger partial charge in [-0.05, 0) is 24.6 Å². The fourth-order valence-corrected chi connectivity index (χ4v) is 1.54. The first-order valence-electron chi connectivity index (χ1n) is 7.25. The number of esters is 1. The maximum Gasteiger partial charge on any atom is 0.416 e. The molecule has 1 aromatic carbocycles. The second kappa shape index (κ2) is 9.50. The van der Waals surface area contributed by atoms with Crippen LogP contribution in [-0.4, -0.2) is 37.7 Å². The van der Waals surface area contributed by atoms with Crippen molar-refractivity contribution >= 4 is 17.9 Å². The molecule has 0 aromatic heterocycles. The van der Waals surface area contributed by atoms with Crippen molar-refractivity contribution in [3.05, 3.63) is 29.8 Å². The molecule has 0 spiro atoms. The predicted octanol–water partition coefficient (Wildman–Crippen LogP) is 1.86. The van der Waals surface area contributed by atoms with Gasteiger partial charge in [0.1, 0.15) is 5.75 Å². The van der Waals surface area contributed by atoms with Gasteiger partial charge in [0.2, 0.25) is 0 Å². The Hall–Kier alpha value is -2.78. The zero-order chi connectivity index (χ0) is 18.9. The molecule has 0 bridgehead atoms. The molecule has 0 aliphatic heterocycles. The Kier molecular flexibility index (Phi) is 7.70. The van der Waals surface area contributed by atoms with Crippen LogP contribution in [0.25, 0.3) is 0 Å². The molecule has 0 aliphatic rings. The third kappa shape index (κ3) is 8.04. The minimum Gasteiger partial charge on any atom is -0.482 e. The summed E-state index contributed by atoms with van der Waals surface area (Å²) >= 11 is 0. The minimum atomic E-state index is -4.53. The highest BCUT2D eigenvalue weighted by molar-refractivity contribution is 5.95. The Morgan fingerprint density at radius 1 is 1.16 bits per heavy atom. The van der Waals surface area contributed by atoms with E-state index in [0.717, 1.165) is 18.2 Å². The molecule has 7 nitrogen and oxygen atoms in total. The minimum absolute atomic E-state index is 0.171. The number of urea groups is 1. The summed E-state index contributed by atoms with van der Waals surface area (Å²) in [5.74, 6) is -1.99. The topological polar surface area (TPSA) is 93.7 Å². The lowest BCUT2D eigenvalue weighted by Gasteiger charge is -2.10. The summed E-state index contributed by atoms with van der Waals surface area (Å²) in [6, 6.07) is 3.25. The number of rotatable bonds is 7. The monoisotopic (exact) mass is 362 g/mol. The molecule has 0 fully saturated rings. The number of nitrogens with one attached hydrogen (secondary N) is 2. The molecule has 3 amide bonds. The van der Waals surface area contributed by atoms with Crippen LogP contribution in [0.2, 0.25) is 0 Å². The highest BCUT2D eigenvalue weighted by Crippen LogP contribution is 2.31. The van der Waals surface area contributed by atoms with Crippen molar-refractivity contribution in [3.63, 3.8) is 0 Å². The fourth-order valence-electron chi connectivity index (χ4n) is 1.54. The second-order valence-electron chi connectivity index (χ2n) is 4.78. The molecule has 1 rings (SSSR count). The summed E-state index contributed by atoms with van der Waals surface area (Å²) in [6.45, 7) is 0.805. The molecule has 0 saturated heterocycles. The Morgan fingerprint density at radius 3 is 2.52 bits per heavy atom. The predicted molar refractivity (Wildman–Crippen MR) is 79.7 cm³/mol. The number of alkyl halides is 3. The Balaban J connectivity index is 2.36. The molecule has 0 aliphatic carbocycles. The number of ether oxygens (including phenoxy) is 2. The van der Waals surface area contributed by atoms with E-state index in [1.54, 1.807) is 0 Å². The van der Waals surface area contributed by atoms with Gasteiger partial charge in [0, 0.05) is 6.54 Å². The molecule has 0 heterocycles. The molecule has 2 N–H and O–H groups in total. The molecule has 1 aromatic rings. The number of imide groups is 1. The van der Waals surface area contributed by atoms with Gasteiger partial charge in [0.25, 0.3) is 5.91 Å². The molecule has 25 heavy (non-hydrogen) atoms. The van der Waals surface area contributed by atoms with E-state index in [9.17, 15) is 27.6 Å². The van der Waals surface area contributed by atoms with Gasteiger partial charge in [-0.3, -0.25) is 10.1 Å². The fraction of sp³-hybridized carbons (Fsp3) is 0.400. The van der Waals surface area contributed by atoms with Crippen LogP contribution in [0.5, 0.6) is 5.75 Å². The van der Waals surface area contributed by atoms with Crippen LogP contribution >= 0.6 is 0 Å². The Bertz CT molecular complexity index is 619. The number of carbonyl (C=O) groups is 3. The first-order valence-corrected chi connectivity index (χ1v) is 7.25. The van der Waals surface area contributed by atoms with Gasteiger partial charge in [-0.25, -0.2) is 9.59 Å². The summed E-state index contributed by atoms with van der Waals surface area (Å²) < 4.78 is 47.0. The van der Waals surface area contributed by atoms with E-state index in [0.29, 0.717) is 13.0 Å². The molecular formula is C15H17F3N2O5. The third-order valence-electron chi connectivity index (χ3n) is 2.67. The number of hydrogen-bond donors (Lipinski definition) is 2. The maximum atomic E-state index is 12.5. The highest BCUT2D eigenvalue weighted by atomic mass is 19.4. The van der Waals surface area contributed by atoms with Gasteiger partial charge in [-0.1, -0.05) is 13.0 Å². The van der Waals surface area contributed by atoms with Gasteiger partial charge < -0.3 is 14.8 Å². The van der Waals surface area contributed by atoms with E-state index >= 15 is 0 Å². The maximum absolute atomic E-state index is 12.5. The standard InChI is InChI=1S/C15H17F3N2O5/c1-2-6-19-14(23)20-12(21)8-25-13(22)9-24-11-5-3-4-10(7-11)15(16,17)18/h3-5,7H,2,6,8-9H2,1H3,(H2,19,20,21,23). The normalized spacial score (nSPS) is 10.7. The molecule has 10 heteroatoms. The van der Waals surface area contributed by atoms with Crippen molar-refractivity contribution in [3.8, 4) is 5.75 Å². The summed E-state index contributed by atoms with van der Waals surface area (Å²) in [4.78, 5) is 33.9. The first kappa shape index (κ1) is 20.3. The average molecular weight is 362 g/mol. The van der Waals surface area contributed by atoms with Crippen molar-refractivity contribution in [2.24, 2.45) is 0 Å². The van der Waals surface area contributed by atoms with E-state index in [2.05, 4.69) is 10.1 Å². The molecule has 0 radical (unpaired) electrons. The van der Waals surface area contributed by atoms with Crippen LogP contribution in [0.15, 0.2) is 24.3 Å². The van der Waals surface area contributed by atoms with Gasteiger partial charge in [-0.2, -0.15) is 13.2 Å². The molecule has 0 atom stereocenters. The molecule has 138 valence electrons. The van der Waals surface area contributed by atoms with Crippen molar-refractivity contribution in [1.82, 2.24) is 10.6 Å². The number of hydrogen-bond acceptors (Lipinski definition) is 5. The quantitative estimate of drug-likeness (QED) is 0.722. The molecular weight excluding hydrogens is 345 g/mol. The van der Waals surface area contributed by atoms with Gasteiger partial charge in [0.15, 0.2) is 13.2 Å². The summed E-state index contributed by atoms with van der Waals surface area (Å²) in [7, 11) is 0. The summed E-state index contributed by atoms with van der Waals surface area (Å²) in [5, 5.41) is 4.32. The first-order chi connectivity index (χ1) is 11.7. The van der Waals surface area contributed by atoms with Crippen LogP contribution in [0.1, 0.15) is 18.9 Å². The smallest absolute Gasteiger partial charge is 0.416 e. The summed E-state index contributed by atoms with van der Waals surface area (Å²) in [6.07, 6.45) is -3.85. The van der Waals surface area contributed by atoms with E-state index in [1.807, 2.05) is 12.2 Å². The Morgan fingerprint density at radius 2 is 1.88 bits per heavy atom. The lowest BCUT2D eigenvalue weighted by atomic mass is 10.2. The van der Waals surface area contributed by atoms with Crippen LogP contribution in [0, 0.1) is 0 Å². The second-order valence-corrected chi connectivity index (χ2v) is 4.78. The van der Waals surface area contributed by atoms with Crippen LogP contribution in [0.3, 0.4) is 0 Å². The van der Waals surface area contributed by atoms with Crippen molar-refractivity contribution in [2.45, 2.75) is 19.5 Å². The zero-order valence-electron chi connectivity index (χ0n) is 13.3. The number of halogens is 3. The van der Waals surface area contributed by atoms with E-state index in [-0.39, 0.29) is 5.75 Å². The van der Waals surface area contributed by atoms with Crippen molar-refractivity contribution in [2.75, 3.05) is 19.8 Å². The van der Waals surface area contributed by atoms with Crippen LogP contribution in [0.4, 0.5) is 18.0 Å². The van der Waals surface area contributed by atoms with Gasteiger partial charge in [-0.15, -0.1) is 0 Å². The molecule has 0 saturated carbocycles. The number of carbonyl (C=O) groups excluding carboxylic acids is 3. The SMILES string of the molecule is CCCNC(=O)NC(=O)COC(=O)COc1cccc(C(F)(F)F)c1. The van der Waals surface area contributed by atoms with Crippen molar-refractivity contribution in [1.29, 1.82) is 0 Å². The zero-order valence-corrected chi connectivity index (χ0v) is 13.3. The van der Waals surface area contributed by atoms with Crippen LogP contribution < -0.4 is 15.4 Å². The molecule has 0 unspecified atom stereocenters. The van der Waals surface area contributed by atoms with Gasteiger partial charge >= 0.3 is 18.2 Å².